The Morgan fingerprint density at radius 1 is 0.852 bits per heavy atom. The summed E-state index contributed by atoms with van der Waals surface area (Å²) in [4.78, 5) is 34.4. The van der Waals surface area contributed by atoms with Crippen LogP contribution in [0.3, 0.4) is 0 Å². The molecule has 0 aliphatic carbocycles. The van der Waals surface area contributed by atoms with Crippen LogP contribution in [0, 0.1) is 0 Å². The topological polar surface area (TPSA) is 83.4 Å². The van der Waals surface area contributed by atoms with Gasteiger partial charge >= 0.3 is 5.97 Å². The molecule has 0 fully saturated rings. The van der Waals surface area contributed by atoms with E-state index in [2.05, 4.69) is 9.97 Å². The molecule has 0 saturated heterocycles. The number of hydrogen-bond acceptors (Lipinski definition) is 6. The Hall–Kier alpha value is -2.84. The Kier molecular flexibility index (Phi) is 4.83. The summed E-state index contributed by atoms with van der Waals surface area (Å²) in [6.07, 6.45) is 0.359. The lowest BCUT2D eigenvalue weighted by molar-refractivity contribution is -0.137. The highest BCUT2D eigenvalue weighted by Crippen LogP contribution is 2.37. The number of anilines is 2. The first-order chi connectivity index (χ1) is 13.1. The average Bonchev–Trinajstić information content (AvgIpc) is 3.25. The largest absolute Gasteiger partial charge is 0.481 e. The summed E-state index contributed by atoms with van der Waals surface area (Å²) in [6.45, 7) is 0. The Labute approximate surface area is 162 Å². The van der Waals surface area contributed by atoms with E-state index >= 15 is 0 Å². The minimum atomic E-state index is -0.908. The van der Waals surface area contributed by atoms with E-state index in [0.29, 0.717) is 10.3 Å². The molecule has 4 aromatic rings. The number of rotatable bonds is 6. The van der Waals surface area contributed by atoms with E-state index in [-0.39, 0.29) is 25.2 Å². The summed E-state index contributed by atoms with van der Waals surface area (Å²) < 4.78 is 1.97. The van der Waals surface area contributed by atoms with E-state index < -0.39 is 5.97 Å². The molecule has 4 rings (SSSR count). The van der Waals surface area contributed by atoms with Gasteiger partial charge in [0.05, 0.1) is 20.4 Å². The molecular weight excluding hydrogens is 382 g/mol. The monoisotopic (exact) mass is 397 g/mol. The zero-order valence-electron chi connectivity index (χ0n) is 14.2. The Balaban J connectivity index is 1.74. The number of carbonyl (C=O) groups is 2. The molecule has 6 nitrogen and oxygen atoms in total. The van der Waals surface area contributed by atoms with Crippen molar-refractivity contribution in [3.8, 4) is 0 Å². The van der Waals surface area contributed by atoms with Crippen LogP contribution in [-0.4, -0.2) is 27.0 Å². The molecule has 0 radical (unpaired) electrons. The van der Waals surface area contributed by atoms with Crippen LogP contribution in [0.1, 0.15) is 19.3 Å². The van der Waals surface area contributed by atoms with Crippen molar-refractivity contribution in [2.45, 2.75) is 19.3 Å². The van der Waals surface area contributed by atoms with Crippen LogP contribution < -0.4 is 4.90 Å². The summed E-state index contributed by atoms with van der Waals surface area (Å²) in [5, 5.41) is 9.95. The zero-order chi connectivity index (χ0) is 18.8. The number of carboxylic acids is 1. The highest BCUT2D eigenvalue weighted by molar-refractivity contribution is 7.24. The number of thiazole rings is 2. The molecule has 27 heavy (non-hydrogen) atoms. The van der Waals surface area contributed by atoms with Gasteiger partial charge in [-0.2, -0.15) is 0 Å². The van der Waals surface area contributed by atoms with Crippen molar-refractivity contribution in [1.82, 2.24) is 9.97 Å². The van der Waals surface area contributed by atoms with Gasteiger partial charge < -0.3 is 5.11 Å². The van der Waals surface area contributed by atoms with Gasteiger partial charge in [-0.3, -0.25) is 9.59 Å². The van der Waals surface area contributed by atoms with Crippen LogP contribution in [0.5, 0.6) is 0 Å². The van der Waals surface area contributed by atoms with Crippen LogP contribution >= 0.6 is 22.7 Å². The maximum absolute atomic E-state index is 12.9. The van der Waals surface area contributed by atoms with Gasteiger partial charge in [-0.1, -0.05) is 46.9 Å². The van der Waals surface area contributed by atoms with E-state index in [0.717, 1.165) is 20.4 Å². The smallest absolute Gasteiger partial charge is 0.303 e. The van der Waals surface area contributed by atoms with Crippen molar-refractivity contribution in [3.63, 3.8) is 0 Å². The number of carbonyl (C=O) groups excluding carboxylic acids is 1. The highest BCUT2D eigenvalue weighted by atomic mass is 32.1. The summed E-state index contributed by atoms with van der Waals surface area (Å²) in [5.41, 5.74) is 1.64. The van der Waals surface area contributed by atoms with Gasteiger partial charge in [0.1, 0.15) is 0 Å². The Morgan fingerprint density at radius 2 is 1.37 bits per heavy atom. The molecular formula is C19H15N3O3S2. The predicted molar refractivity (Wildman–Crippen MR) is 108 cm³/mol. The van der Waals surface area contributed by atoms with E-state index in [1.165, 1.54) is 27.6 Å². The number of amides is 1. The van der Waals surface area contributed by atoms with Gasteiger partial charge in [0, 0.05) is 12.8 Å². The number of fused-ring (bicyclic) bond motifs is 2. The molecule has 1 amide bonds. The molecule has 0 saturated carbocycles. The van der Waals surface area contributed by atoms with Crippen LogP contribution in [-0.2, 0) is 9.59 Å². The molecule has 1 N–H and O–H groups in total. The van der Waals surface area contributed by atoms with Crippen molar-refractivity contribution in [1.29, 1.82) is 0 Å². The molecule has 0 unspecified atom stereocenters. The van der Waals surface area contributed by atoms with Crippen LogP contribution in [0.2, 0.25) is 0 Å². The zero-order valence-corrected chi connectivity index (χ0v) is 15.8. The summed E-state index contributed by atoms with van der Waals surface area (Å²) in [7, 11) is 0. The van der Waals surface area contributed by atoms with Gasteiger partial charge in [0.15, 0.2) is 10.3 Å². The average molecular weight is 397 g/mol. The molecule has 8 heteroatoms. The van der Waals surface area contributed by atoms with Crippen molar-refractivity contribution < 1.29 is 14.7 Å². The normalized spacial score (nSPS) is 11.1. The van der Waals surface area contributed by atoms with Gasteiger partial charge in [-0.15, -0.1) is 0 Å². The third kappa shape index (κ3) is 3.67. The standard InChI is InChI=1S/C19H15N3O3S2/c23-16(10-5-11-17(24)25)22(18-20-12-6-1-3-8-14(12)26-18)19-21-13-7-2-4-9-15(13)27-19/h1-4,6-9H,5,10-11H2,(H,24,25). The minimum absolute atomic E-state index is 0.0424. The number of hydrogen-bond donors (Lipinski definition) is 1. The first-order valence-corrected chi connectivity index (χ1v) is 10.0. The van der Waals surface area contributed by atoms with Gasteiger partial charge in [-0.05, 0) is 30.7 Å². The lowest BCUT2D eigenvalue weighted by atomic mass is 10.2. The lowest BCUT2D eigenvalue weighted by Gasteiger charge is -2.16. The Morgan fingerprint density at radius 3 is 1.85 bits per heavy atom. The second-order valence-corrected chi connectivity index (χ2v) is 7.92. The number of benzene rings is 2. The van der Waals surface area contributed by atoms with E-state index in [1.807, 2.05) is 48.5 Å². The third-order valence-electron chi connectivity index (χ3n) is 3.98. The number of nitrogens with zero attached hydrogens (tertiary/aromatic N) is 3. The molecule has 0 aliphatic heterocycles. The summed E-state index contributed by atoms with van der Waals surface area (Å²) in [6, 6.07) is 15.4. The fourth-order valence-electron chi connectivity index (χ4n) is 2.71. The van der Waals surface area contributed by atoms with E-state index in [9.17, 15) is 9.59 Å². The van der Waals surface area contributed by atoms with E-state index in [4.69, 9.17) is 5.11 Å². The minimum Gasteiger partial charge on any atom is -0.481 e. The molecule has 0 atom stereocenters. The first-order valence-electron chi connectivity index (χ1n) is 8.38. The van der Waals surface area contributed by atoms with Crippen LogP contribution in [0.25, 0.3) is 20.4 Å². The highest BCUT2D eigenvalue weighted by Gasteiger charge is 2.24. The fourth-order valence-corrected chi connectivity index (χ4v) is 4.74. The second kappa shape index (κ2) is 7.42. The number of para-hydroxylation sites is 2. The fraction of sp³-hybridized carbons (Fsp3) is 0.158. The molecule has 2 aromatic carbocycles. The van der Waals surface area contributed by atoms with Gasteiger partial charge in [-0.25, -0.2) is 14.9 Å². The van der Waals surface area contributed by atoms with Crippen molar-refractivity contribution in [2.24, 2.45) is 0 Å². The Bertz CT molecular complexity index is 995. The van der Waals surface area contributed by atoms with Gasteiger partial charge in [0.25, 0.3) is 0 Å². The molecule has 0 spiro atoms. The van der Waals surface area contributed by atoms with Crippen molar-refractivity contribution >= 4 is 65.2 Å². The molecule has 2 aromatic heterocycles. The number of carboxylic acid groups (broad SMARTS) is 1. The van der Waals surface area contributed by atoms with Crippen molar-refractivity contribution in [3.05, 3.63) is 48.5 Å². The van der Waals surface area contributed by atoms with Crippen LogP contribution in [0.4, 0.5) is 10.3 Å². The molecule has 136 valence electrons. The predicted octanol–water partition coefficient (Wildman–Crippen LogP) is 4.83. The SMILES string of the molecule is O=C(O)CCCC(=O)N(c1nc2ccccc2s1)c1nc2ccccc2s1. The van der Waals surface area contributed by atoms with Crippen LogP contribution in [0.15, 0.2) is 48.5 Å². The second-order valence-electron chi connectivity index (χ2n) is 5.90. The molecule has 0 bridgehead atoms. The van der Waals surface area contributed by atoms with E-state index in [1.54, 1.807) is 0 Å². The first kappa shape index (κ1) is 17.6. The lowest BCUT2D eigenvalue weighted by Crippen LogP contribution is -2.25. The summed E-state index contributed by atoms with van der Waals surface area (Å²) >= 11 is 2.85. The van der Waals surface area contributed by atoms with Gasteiger partial charge in [0.2, 0.25) is 5.91 Å². The maximum atomic E-state index is 12.9. The van der Waals surface area contributed by atoms with Crippen molar-refractivity contribution in [2.75, 3.05) is 4.90 Å². The number of aliphatic carboxylic acids is 1. The maximum Gasteiger partial charge on any atom is 0.303 e. The summed E-state index contributed by atoms with van der Waals surface area (Å²) in [5.74, 6) is -1.11. The number of aromatic nitrogens is 2. The molecule has 0 aliphatic rings. The molecule has 2 heterocycles. The quantitative estimate of drug-likeness (QED) is 0.504. The third-order valence-corrected chi connectivity index (χ3v) is 6.02.